The molecule has 0 radical (unpaired) electrons. The van der Waals surface area contributed by atoms with Gasteiger partial charge in [0.05, 0.1) is 11.8 Å². The van der Waals surface area contributed by atoms with Crippen molar-refractivity contribution in [1.82, 2.24) is 15.8 Å². The van der Waals surface area contributed by atoms with Crippen LogP contribution in [0.4, 0.5) is 0 Å². The van der Waals surface area contributed by atoms with E-state index in [0.29, 0.717) is 27.3 Å². The van der Waals surface area contributed by atoms with Gasteiger partial charge in [-0.15, -0.1) is 23.2 Å². The molecule has 3 aliphatic carbocycles. The number of hydrogen-bond acceptors (Lipinski definition) is 4. The van der Waals surface area contributed by atoms with Crippen LogP contribution in [0.25, 0.3) is 0 Å². The number of hydrogen-bond donors (Lipinski definition) is 2. The molecule has 2 N–H and O–H groups in total. The second-order valence-electron chi connectivity index (χ2n) is 9.24. The Morgan fingerprint density at radius 1 is 0.730 bits per heavy atom. The van der Waals surface area contributed by atoms with Crippen LogP contribution < -0.4 is 10.9 Å². The summed E-state index contributed by atoms with van der Waals surface area (Å²) >= 11 is 20.5. The number of nitrogens with zero attached hydrogens (tertiary/aromatic N) is 1. The number of alkyl halides is 2. The van der Waals surface area contributed by atoms with Crippen LogP contribution in [0.3, 0.4) is 0 Å². The molecule has 7 rings (SSSR count). The van der Waals surface area contributed by atoms with Gasteiger partial charge in [0.1, 0.15) is 16.3 Å². The summed E-state index contributed by atoms with van der Waals surface area (Å²) in [7, 11) is 0. The van der Waals surface area contributed by atoms with Crippen molar-refractivity contribution in [2.45, 2.75) is 9.75 Å². The topological polar surface area (TPSA) is 95.6 Å². The predicted octanol–water partition coefficient (Wildman–Crippen LogP) is 3.69. The van der Waals surface area contributed by atoms with Gasteiger partial charge in [-0.25, -0.2) is 0 Å². The van der Waals surface area contributed by atoms with E-state index in [1.54, 1.807) is 0 Å². The molecule has 0 aromatic heterocycles. The molecule has 3 aromatic carbocycles. The van der Waals surface area contributed by atoms with Crippen LogP contribution >= 0.6 is 34.8 Å². The molecule has 1 saturated heterocycles. The summed E-state index contributed by atoms with van der Waals surface area (Å²) in [5.74, 6) is -4.50. The molecule has 0 saturated carbocycles. The maximum Gasteiger partial charge on any atom is 0.269 e. The Bertz CT molecular complexity index is 1390. The summed E-state index contributed by atoms with van der Waals surface area (Å²) in [6.45, 7) is -0.599. The van der Waals surface area contributed by atoms with E-state index < -0.39 is 51.8 Å². The highest BCUT2D eigenvalue weighted by atomic mass is 35.5. The number of carbonyl (C=O) groups is 4. The zero-order valence-electron chi connectivity index (χ0n) is 19.0. The Kier molecular flexibility index (Phi) is 5.39. The van der Waals surface area contributed by atoms with Gasteiger partial charge in [0, 0.05) is 10.6 Å². The van der Waals surface area contributed by atoms with Gasteiger partial charge in [-0.3, -0.25) is 34.9 Å². The van der Waals surface area contributed by atoms with Crippen molar-refractivity contribution >= 4 is 58.4 Å². The largest absolute Gasteiger partial charge is 0.274 e. The molecule has 1 fully saturated rings. The minimum Gasteiger partial charge on any atom is -0.274 e. The summed E-state index contributed by atoms with van der Waals surface area (Å²) in [5, 5.41) is 0.459. The molecule has 4 aliphatic rings. The second-order valence-corrected chi connectivity index (χ2v) is 10.9. The molecule has 1 aliphatic heterocycles. The van der Waals surface area contributed by atoms with E-state index in [4.69, 9.17) is 34.8 Å². The van der Waals surface area contributed by atoms with Crippen molar-refractivity contribution in [3.8, 4) is 0 Å². The van der Waals surface area contributed by atoms with Crippen LogP contribution in [0.5, 0.6) is 0 Å². The highest BCUT2D eigenvalue weighted by Crippen LogP contribution is 2.69. The summed E-state index contributed by atoms with van der Waals surface area (Å²) < 4.78 is 0. The molecule has 2 bridgehead atoms. The van der Waals surface area contributed by atoms with Crippen LogP contribution in [0.1, 0.15) is 32.6 Å². The van der Waals surface area contributed by atoms with E-state index >= 15 is 0 Å². The van der Waals surface area contributed by atoms with Crippen molar-refractivity contribution in [3.05, 3.63) is 106 Å². The van der Waals surface area contributed by atoms with Gasteiger partial charge in [-0.1, -0.05) is 60.1 Å². The molecule has 37 heavy (non-hydrogen) atoms. The highest BCUT2D eigenvalue weighted by Gasteiger charge is 2.73. The van der Waals surface area contributed by atoms with E-state index in [1.165, 1.54) is 24.3 Å². The van der Waals surface area contributed by atoms with E-state index in [-0.39, 0.29) is 5.56 Å². The molecule has 2 atom stereocenters. The average Bonchev–Trinajstić information content (AvgIpc) is 3.16. The lowest BCUT2D eigenvalue weighted by atomic mass is 9.54. The monoisotopic (exact) mass is 553 g/mol. The fourth-order valence-electron chi connectivity index (χ4n) is 5.86. The number of rotatable bonds is 3. The molecular weight excluding hydrogens is 537 g/mol. The van der Waals surface area contributed by atoms with Crippen LogP contribution in [-0.4, -0.2) is 35.1 Å². The maximum atomic E-state index is 13.7. The fourth-order valence-corrected chi connectivity index (χ4v) is 7.09. The lowest BCUT2D eigenvalue weighted by Gasteiger charge is -2.54. The first kappa shape index (κ1) is 24.0. The van der Waals surface area contributed by atoms with Gasteiger partial charge in [0.25, 0.3) is 11.8 Å². The summed E-state index contributed by atoms with van der Waals surface area (Å²) in [6.07, 6.45) is 0. The third-order valence-corrected chi connectivity index (χ3v) is 8.94. The standard InChI is InChI=1S/C27H18Cl3N3O4/c28-15-11-9-14(10-12-15)23(35)32-31-20(34)13-33-24(36)21-22(25(33)37)27(30)17-6-2-1-5-16(17)26(21,29)18-7-3-4-8-19(18)27/h1-12,21-22H,13H2,(H,31,34)(H,32,35)/t21-,22+,26?,27?. The number of nitrogens with one attached hydrogen (secondary N) is 2. The quantitative estimate of drug-likeness (QED) is 0.293. The summed E-state index contributed by atoms with van der Waals surface area (Å²) in [6, 6.07) is 20.6. The normalized spacial score (nSPS) is 26.8. The van der Waals surface area contributed by atoms with E-state index in [9.17, 15) is 19.2 Å². The van der Waals surface area contributed by atoms with Gasteiger partial charge >= 0.3 is 0 Å². The minimum absolute atomic E-state index is 0.268. The van der Waals surface area contributed by atoms with Gasteiger partial charge < -0.3 is 0 Å². The molecule has 0 unspecified atom stereocenters. The molecule has 186 valence electrons. The first-order valence-corrected chi connectivity index (χ1v) is 12.6. The smallest absolute Gasteiger partial charge is 0.269 e. The molecule has 0 spiro atoms. The molecule has 7 nitrogen and oxygen atoms in total. The Morgan fingerprint density at radius 2 is 1.16 bits per heavy atom. The number of halogens is 3. The molecule has 1 heterocycles. The Morgan fingerprint density at radius 3 is 1.59 bits per heavy atom. The number of imide groups is 1. The van der Waals surface area contributed by atoms with E-state index in [0.717, 1.165) is 4.90 Å². The van der Waals surface area contributed by atoms with Crippen LogP contribution in [-0.2, 0) is 24.1 Å². The number of hydrazine groups is 1. The Balaban J connectivity index is 1.30. The van der Waals surface area contributed by atoms with Crippen molar-refractivity contribution in [3.63, 3.8) is 0 Å². The molecule has 3 aromatic rings. The number of likely N-dealkylation sites (tertiary alicyclic amines) is 1. The highest BCUT2D eigenvalue weighted by molar-refractivity contribution is 6.36. The molecular formula is C27H18Cl3N3O4. The SMILES string of the molecule is O=C(CN1C(=O)[C@@H]2[C@H](C1=O)C1(Cl)c3ccccc3C2(Cl)c2ccccc21)NNC(=O)c1ccc(Cl)cc1. The lowest BCUT2D eigenvalue weighted by molar-refractivity contribution is -0.143. The van der Waals surface area contributed by atoms with Crippen LogP contribution in [0.2, 0.25) is 5.02 Å². The van der Waals surface area contributed by atoms with Gasteiger partial charge in [0.15, 0.2) is 0 Å². The second kappa shape index (κ2) is 8.31. The van der Waals surface area contributed by atoms with Crippen LogP contribution in [0.15, 0.2) is 72.8 Å². The van der Waals surface area contributed by atoms with Gasteiger partial charge in [-0.05, 0) is 46.5 Å². The third-order valence-electron chi connectivity index (χ3n) is 7.40. The predicted molar refractivity (Wildman–Crippen MR) is 137 cm³/mol. The first-order chi connectivity index (χ1) is 17.7. The number of amides is 4. The number of carbonyl (C=O) groups excluding carboxylic acids is 4. The van der Waals surface area contributed by atoms with Gasteiger partial charge in [0.2, 0.25) is 11.8 Å². The van der Waals surface area contributed by atoms with Crippen molar-refractivity contribution in [2.75, 3.05) is 6.54 Å². The van der Waals surface area contributed by atoms with Gasteiger partial charge in [-0.2, -0.15) is 0 Å². The van der Waals surface area contributed by atoms with Crippen LogP contribution in [0, 0.1) is 11.8 Å². The van der Waals surface area contributed by atoms with Crippen molar-refractivity contribution in [1.29, 1.82) is 0 Å². The first-order valence-electron chi connectivity index (χ1n) is 11.5. The summed E-state index contributed by atoms with van der Waals surface area (Å²) in [4.78, 5) is 50.7. The van der Waals surface area contributed by atoms with Crippen molar-refractivity contribution < 1.29 is 19.2 Å². The maximum absolute atomic E-state index is 13.7. The van der Waals surface area contributed by atoms with Crippen molar-refractivity contribution in [2.24, 2.45) is 11.8 Å². The third kappa shape index (κ3) is 3.21. The zero-order chi connectivity index (χ0) is 26.1. The fraction of sp³-hybridized carbons (Fsp3) is 0.185. The molecule has 4 amide bonds. The minimum atomic E-state index is -1.32. The average molecular weight is 555 g/mol. The zero-order valence-corrected chi connectivity index (χ0v) is 21.3. The number of benzene rings is 3. The Hall–Kier alpha value is -3.39. The molecule has 10 heteroatoms. The lowest BCUT2D eigenvalue weighted by Crippen LogP contribution is -2.57. The Labute approximate surface area is 226 Å². The van der Waals surface area contributed by atoms with E-state index in [2.05, 4.69) is 10.9 Å². The summed E-state index contributed by atoms with van der Waals surface area (Å²) in [5.41, 5.74) is 7.50. The van der Waals surface area contributed by atoms with E-state index in [1.807, 2.05) is 48.5 Å².